The number of carbonyl (C=O) groups is 1. The number of hydrogen-bond donors (Lipinski definition) is 1. The summed E-state index contributed by atoms with van der Waals surface area (Å²) in [5.74, 6) is 1.90. The summed E-state index contributed by atoms with van der Waals surface area (Å²) in [7, 11) is 0. The van der Waals surface area contributed by atoms with Gasteiger partial charge < -0.3 is 10.2 Å². The molecule has 2 aliphatic rings. The average Bonchev–Trinajstić information content (AvgIpc) is 2.96. The topological polar surface area (TPSA) is 32.3 Å². The van der Waals surface area contributed by atoms with Crippen LogP contribution in [0.3, 0.4) is 0 Å². The van der Waals surface area contributed by atoms with Gasteiger partial charge >= 0.3 is 0 Å². The second-order valence-corrected chi connectivity index (χ2v) is 7.10. The molecule has 2 rings (SSSR count). The lowest BCUT2D eigenvalue weighted by Crippen LogP contribution is -2.43. The monoisotopic (exact) mass is 280 g/mol. The van der Waals surface area contributed by atoms with Crippen molar-refractivity contribution in [2.45, 2.75) is 71.3 Å². The largest absolute Gasteiger partial charge is 0.342 e. The minimum absolute atomic E-state index is 0.408. The molecular formula is C17H32N2O. The van der Waals surface area contributed by atoms with Crippen molar-refractivity contribution in [3.8, 4) is 0 Å². The van der Waals surface area contributed by atoms with Gasteiger partial charge in [-0.3, -0.25) is 4.79 Å². The molecule has 1 aliphatic heterocycles. The Balaban J connectivity index is 1.68. The van der Waals surface area contributed by atoms with E-state index in [4.69, 9.17) is 0 Å². The fourth-order valence-corrected chi connectivity index (χ4v) is 3.65. The van der Waals surface area contributed by atoms with E-state index in [1.807, 2.05) is 0 Å². The van der Waals surface area contributed by atoms with Crippen LogP contribution in [0.1, 0.15) is 65.2 Å². The number of likely N-dealkylation sites (tertiary alicyclic amines) is 1. The van der Waals surface area contributed by atoms with E-state index < -0.39 is 0 Å². The zero-order chi connectivity index (χ0) is 14.4. The molecule has 2 fully saturated rings. The van der Waals surface area contributed by atoms with Gasteiger partial charge in [0.1, 0.15) is 0 Å². The average molecular weight is 280 g/mol. The Bertz CT molecular complexity index is 297. The summed E-state index contributed by atoms with van der Waals surface area (Å²) < 4.78 is 0. The molecule has 1 saturated heterocycles. The van der Waals surface area contributed by atoms with Crippen LogP contribution < -0.4 is 5.32 Å². The van der Waals surface area contributed by atoms with Crippen molar-refractivity contribution < 1.29 is 4.79 Å². The van der Waals surface area contributed by atoms with Crippen LogP contribution in [0.5, 0.6) is 0 Å². The summed E-state index contributed by atoms with van der Waals surface area (Å²) >= 11 is 0. The van der Waals surface area contributed by atoms with Crippen molar-refractivity contribution >= 4 is 5.91 Å². The van der Waals surface area contributed by atoms with Crippen LogP contribution in [0, 0.1) is 11.8 Å². The fourth-order valence-electron chi connectivity index (χ4n) is 3.65. The molecule has 3 heteroatoms. The summed E-state index contributed by atoms with van der Waals surface area (Å²) in [6.07, 6.45) is 9.84. The van der Waals surface area contributed by atoms with E-state index in [1.165, 1.54) is 38.5 Å². The van der Waals surface area contributed by atoms with Crippen molar-refractivity contribution in [1.29, 1.82) is 0 Å². The normalized spacial score (nSPS) is 24.6. The Morgan fingerprint density at radius 1 is 1.15 bits per heavy atom. The molecule has 0 bridgehead atoms. The number of piperidine rings is 1. The molecule has 3 nitrogen and oxygen atoms in total. The van der Waals surface area contributed by atoms with Gasteiger partial charge in [-0.05, 0) is 37.6 Å². The highest BCUT2D eigenvalue weighted by atomic mass is 16.2. The SMILES string of the molecule is CC(C)NCC1CCCN(C(=O)CCC2CCCC2)C1. The van der Waals surface area contributed by atoms with Crippen molar-refractivity contribution in [3.05, 3.63) is 0 Å². The molecule has 1 heterocycles. The summed E-state index contributed by atoms with van der Waals surface area (Å²) in [6, 6.07) is 0.545. The third-order valence-electron chi connectivity index (χ3n) is 4.93. The van der Waals surface area contributed by atoms with Crippen LogP contribution in [0.4, 0.5) is 0 Å². The fraction of sp³-hybridized carbons (Fsp3) is 0.941. The molecule has 0 spiro atoms. The number of carbonyl (C=O) groups excluding carboxylic acids is 1. The number of nitrogens with zero attached hydrogens (tertiary/aromatic N) is 1. The first-order valence-electron chi connectivity index (χ1n) is 8.66. The van der Waals surface area contributed by atoms with Gasteiger partial charge in [-0.25, -0.2) is 0 Å². The van der Waals surface area contributed by atoms with Crippen molar-refractivity contribution in [2.24, 2.45) is 11.8 Å². The van der Waals surface area contributed by atoms with Crippen molar-refractivity contribution in [1.82, 2.24) is 10.2 Å². The van der Waals surface area contributed by atoms with E-state index >= 15 is 0 Å². The predicted octanol–water partition coefficient (Wildman–Crippen LogP) is 3.19. The molecule has 0 aromatic heterocycles. The van der Waals surface area contributed by atoms with Gasteiger partial charge in [-0.1, -0.05) is 39.5 Å². The summed E-state index contributed by atoms with van der Waals surface area (Å²) in [5, 5.41) is 3.51. The summed E-state index contributed by atoms with van der Waals surface area (Å²) in [5.41, 5.74) is 0. The third-order valence-corrected chi connectivity index (χ3v) is 4.93. The van der Waals surface area contributed by atoms with E-state index in [9.17, 15) is 4.79 Å². The van der Waals surface area contributed by atoms with E-state index in [0.717, 1.165) is 38.4 Å². The molecule has 1 N–H and O–H groups in total. The van der Waals surface area contributed by atoms with Crippen LogP contribution in [0.25, 0.3) is 0 Å². The first kappa shape index (κ1) is 15.8. The summed E-state index contributed by atoms with van der Waals surface area (Å²) in [6.45, 7) is 7.40. The Kier molecular flexibility index (Phi) is 6.34. The minimum atomic E-state index is 0.408. The van der Waals surface area contributed by atoms with Crippen LogP contribution in [0.2, 0.25) is 0 Å². The smallest absolute Gasteiger partial charge is 0.222 e. The van der Waals surface area contributed by atoms with E-state index in [1.54, 1.807) is 0 Å². The Labute approximate surface area is 124 Å². The predicted molar refractivity (Wildman–Crippen MR) is 83.6 cm³/mol. The summed E-state index contributed by atoms with van der Waals surface area (Å²) in [4.78, 5) is 14.5. The second-order valence-electron chi connectivity index (χ2n) is 7.10. The Morgan fingerprint density at radius 2 is 1.85 bits per heavy atom. The number of rotatable bonds is 6. The number of amides is 1. The zero-order valence-electron chi connectivity index (χ0n) is 13.4. The van der Waals surface area contributed by atoms with Crippen molar-refractivity contribution in [2.75, 3.05) is 19.6 Å². The first-order valence-corrected chi connectivity index (χ1v) is 8.66. The van der Waals surface area contributed by atoms with Crippen LogP contribution in [0.15, 0.2) is 0 Å². The molecule has 1 aliphatic carbocycles. The molecule has 0 aromatic rings. The molecule has 1 atom stereocenters. The Morgan fingerprint density at radius 3 is 2.55 bits per heavy atom. The van der Waals surface area contributed by atoms with Crippen LogP contribution >= 0.6 is 0 Å². The molecule has 0 aromatic carbocycles. The van der Waals surface area contributed by atoms with Gasteiger partial charge in [0.05, 0.1) is 0 Å². The van der Waals surface area contributed by atoms with Crippen LogP contribution in [-0.4, -0.2) is 36.5 Å². The molecule has 0 radical (unpaired) electrons. The molecular weight excluding hydrogens is 248 g/mol. The van der Waals surface area contributed by atoms with Gasteiger partial charge in [0.25, 0.3) is 0 Å². The van der Waals surface area contributed by atoms with E-state index in [2.05, 4.69) is 24.1 Å². The lowest BCUT2D eigenvalue weighted by atomic mass is 9.96. The molecule has 20 heavy (non-hydrogen) atoms. The zero-order valence-corrected chi connectivity index (χ0v) is 13.4. The minimum Gasteiger partial charge on any atom is -0.342 e. The number of nitrogens with one attached hydrogen (secondary N) is 1. The first-order chi connectivity index (χ1) is 9.65. The lowest BCUT2D eigenvalue weighted by molar-refractivity contribution is -0.133. The van der Waals surface area contributed by atoms with E-state index in [0.29, 0.717) is 17.9 Å². The van der Waals surface area contributed by atoms with E-state index in [-0.39, 0.29) is 0 Å². The lowest BCUT2D eigenvalue weighted by Gasteiger charge is -2.33. The second kappa shape index (κ2) is 8.02. The van der Waals surface area contributed by atoms with Gasteiger partial charge in [-0.2, -0.15) is 0 Å². The maximum Gasteiger partial charge on any atom is 0.222 e. The number of hydrogen-bond acceptors (Lipinski definition) is 2. The van der Waals surface area contributed by atoms with Crippen LogP contribution in [-0.2, 0) is 4.79 Å². The molecule has 1 unspecified atom stereocenters. The molecule has 116 valence electrons. The highest BCUT2D eigenvalue weighted by molar-refractivity contribution is 5.76. The van der Waals surface area contributed by atoms with Crippen molar-refractivity contribution in [3.63, 3.8) is 0 Å². The van der Waals surface area contributed by atoms with Gasteiger partial charge in [-0.15, -0.1) is 0 Å². The van der Waals surface area contributed by atoms with Gasteiger partial charge in [0, 0.05) is 25.6 Å². The highest BCUT2D eigenvalue weighted by Gasteiger charge is 2.24. The molecule has 1 saturated carbocycles. The Hall–Kier alpha value is -0.570. The molecule has 1 amide bonds. The standard InChI is InChI=1S/C17H32N2O/c1-14(2)18-12-16-8-5-11-19(13-16)17(20)10-9-15-6-3-4-7-15/h14-16,18H,3-13H2,1-2H3. The van der Waals surface area contributed by atoms with Gasteiger partial charge in [0.15, 0.2) is 0 Å². The maximum absolute atomic E-state index is 12.3. The maximum atomic E-state index is 12.3. The quantitative estimate of drug-likeness (QED) is 0.810. The third kappa shape index (κ3) is 5.08. The highest BCUT2D eigenvalue weighted by Crippen LogP contribution is 2.29. The van der Waals surface area contributed by atoms with Gasteiger partial charge in [0.2, 0.25) is 5.91 Å².